The summed E-state index contributed by atoms with van der Waals surface area (Å²) in [5, 5.41) is 10.2. The number of primary amides is 1. The number of rotatable bonds is 6. The monoisotopic (exact) mass is 478 g/mol. The maximum absolute atomic E-state index is 11.5. The molecule has 1 amide bonds. The number of piperazine rings is 1. The lowest BCUT2D eigenvalue weighted by Crippen LogP contribution is -2.49. The van der Waals surface area contributed by atoms with Crippen LogP contribution in [0.4, 0.5) is 5.69 Å². The van der Waals surface area contributed by atoms with Crippen LogP contribution in [-0.2, 0) is 6.42 Å². The molecule has 33 heavy (non-hydrogen) atoms. The molecule has 1 atom stereocenters. The Hall–Kier alpha value is -3.04. The lowest BCUT2D eigenvalue weighted by molar-refractivity contribution is 0.100. The highest BCUT2D eigenvalue weighted by Crippen LogP contribution is 2.36. The van der Waals surface area contributed by atoms with Crippen molar-refractivity contribution >= 4 is 34.8 Å². The molecule has 1 aliphatic rings. The van der Waals surface area contributed by atoms with Crippen LogP contribution in [0, 0.1) is 11.3 Å². The summed E-state index contributed by atoms with van der Waals surface area (Å²) in [7, 11) is 0. The molecular weight excluding hydrogens is 455 g/mol. The average molecular weight is 479 g/mol. The zero-order valence-corrected chi connectivity index (χ0v) is 19.6. The van der Waals surface area contributed by atoms with Crippen molar-refractivity contribution in [1.82, 2.24) is 4.90 Å². The van der Waals surface area contributed by atoms with E-state index in [0.29, 0.717) is 21.2 Å². The van der Waals surface area contributed by atoms with Crippen molar-refractivity contribution in [2.75, 3.05) is 31.1 Å². The largest absolute Gasteiger partial charge is 0.366 e. The van der Waals surface area contributed by atoms with Gasteiger partial charge < -0.3 is 10.6 Å². The van der Waals surface area contributed by atoms with Gasteiger partial charge in [-0.25, -0.2) is 0 Å². The van der Waals surface area contributed by atoms with E-state index in [4.69, 9.17) is 34.2 Å². The van der Waals surface area contributed by atoms with Gasteiger partial charge in [0.15, 0.2) is 0 Å². The number of anilines is 1. The number of halogens is 2. The standard InChI is InChI=1S/C26H24Cl2N4O/c27-22-8-5-20(6-9-22)25-17-31(12-11-18-1-3-19(16-29)4-2-18)13-14-32(25)24-10-7-21(26(30)33)15-23(24)28/h1-10,15,25H,11-14,17H2,(H2,30,33)/t25-/m0/s1. The summed E-state index contributed by atoms with van der Waals surface area (Å²) >= 11 is 12.7. The van der Waals surface area contributed by atoms with E-state index in [0.717, 1.165) is 43.9 Å². The molecule has 0 unspecified atom stereocenters. The number of nitriles is 1. The van der Waals surface area contributed by atoms with Crippen molar-refractivity contribution in [2.24, 2.45) is 5.73 Å². The minimum atomic E-state index is -0.495. The van der Waals surface area contributed by atoms with Crippen LogP contribution < -0.4 is 10.6 Å². The van der Waals surface area contributed by atoms with E-state index in [9.17, 15) is 4.79 Å². The Balaban J connectivity index is 1.55. The molecule has 5 nitrogen and oxygen atoms in total. The quantitative estimate of drug-likeness (QED) is 0.536. The lowest BCUT2D eigenvalue weighted by Gasteiger charge is -2.43. The predicted octanol–water partition coefficient (Wildman–Crippen LogP) is 5.07. The first-order valence-electron chi connectivity index (χ1n) is 10.8. The van der Waals surface area contributed by atoms with Crippen LogP contribution >= 0.6 is 23.2 Å². The normalized spacial score (nSPS) is 16.4. The van der Waals surface area contributed by atoms with Gasteiger partial charge in [0.05, 0.1) is 28.4 Å². The van der Waals surface area contributed by atoms with Crippen LogP contribution in [0.5, 0.6) is 0 Å². The third-order valence-corrected chi connectivity index (χ3v) is 6.62. The lowest BCUT2D eigenvalue weighted by atomic mass is 10.00. The second-order valence-corrected chi connectivity index (χ2v) is 8.99. The first-order valence-corrected chi connectivity index (χ1v) is 11.5. The third-order valence-electron chi connectivity index (χ3n) is 6.06. The number of hydrogen-bond donors (Lipinski definition) is 1. The second-order valence-electron chi connectivity index (χ2n) is 8.15. The van der Waals surface area contributed by atoms with Crippen molar-refractivity contribution in [3.8, 4) is 6.07 Å². The van der Waals surface area contributed by atoms with E-state index in [1.165, 1.54) is 5.56 Å². The molecule has 0 aromatic heterocycles. The molecule has 1 aliphatic heterocycles. The maximum Gasteiger partial charge on any atom is 0.248 e. The highest BCUT2D eigenvalue weighted by Gasteiger charge is 2.29. The minimum absolute atomic E-state index is 0.0777. The SMILES string of the molecule is N#Cc1ccc(CCN2CCN(c3ccc(C(N)=O)cc3Cl)[C@H](c3ccc(Cl)cc3)C2)cc1. The molecule has 3 aromatic carbocycles. The van der Waals surface area contributed by atoms with Gasteiger partial charge in [-0.2, -0.15) is 5.26 Å². The molecule has 0 aliphatic carbocycles. The van der Waals surface area contributed by atoms with E-state index < -0.39 is 5.91 Å². The molecule has 0 bridgehead atoms. The van der Waals surface area contributed by atoms with Gasteiger partial charge in [-0.15, -0.1) is 0 Å². The Morgan fingerprint density at radius 1 is 1.03 bits per heavy atom. The Bertz CT molecular complexity index is 1170. The highest BCUT2D eigenvalue weighted by molar-refractivity contribution is 6.33. The Kier molecular flexibility index (Phi) is 7.20. The molecule has 7 heteroatoms. The van der Waals surface area contributed by atoms with E-state index in [1.54, 1.807) is 12.1 Å². The van der Waals surface area contributed by atoms with Gasteiger partial charge in [-0.3, -0.25) is 9.69 Å². The Labute approximate surface area is 203 Å². The Morgan fingerprint density at radius 2 is 1.76 bits per heavy atom. The predicted molar refractivity (Wildman–Crippen MR) is 133 cm³/mol. The molecule has 3 aromatic rings. The fraction of sp³-hybridized carbons (Fsp3) is 0.231. The molecule has 0 radical (unpaired) electrons. The van der Waals surface area contributed by atoms with Gasteiger partial charge in [0.25, 0.3) is 0 Å². The van der Waals surface area contributed by atoms with Gasteiger partial charge >= 0.3 is 0 Å². The second kappa shape index (κ2) is 10.3. The molecular formula is C26H24Cl2N4O. The molecule has 1 saturated heterocycles. The van der Waals surface area contributed by atoms with Crippen LogP contribution in [0.3, 0.4) is 0 Å². The number of nitrogens with two attached hydrogens (primary N) is 1. The van der Waals surface area contributed by atoms with E-state index in [2.05, 4.69) is 28.0 Å². The number of carbonyl (C=O) groups is 1. The summed E-state index contributed by atoms with van der Waals surface area (Å²) in [6.45, 7) is 3.41. The van der Waals surface area contributed by atoms with E-state index in [1.807, 2.05) is 42.5 Å². The molecule has 1 fully saturated rings. The van der Waals surface area contributed by atoms with Gasteiger partial charge in [0, 0.05) is 36.8 Å². The summed E-state index contributed by atoms with van der Waals surface area (Å²) in [6, 6.07) is 23.1. The number of nitrogens with zero attached hydrogens (tertiary/aromatic N) is 3. The number of carbonyl (C=O) groups excluding carboxylic acids is 1. The van der Waals surface area contributed by atoms with E-state index >= 15 is 0 Å². The zero-order chi connectivity index (χ0) is 23.4. The molecule has 0 saturated carbocycles. The van der Waals surface area contributed by atoms with Gasteiger partial charge in [0.2, 0.25) is 5.91 Å². The van der Waals surface area contributed by atoms with Crippen molar-refractivity contribution in [3.63, 3.8) is 0 Å². The molecule has 2 N–H and O–H groups in total. The van der Waals surface area contributed by atoms with Crippen LogP contribution in [0.15, 0.2) is 66.7 Å². The first-order chi connectivity index (χ1) is 15.9. The summed E-state index contributed by atoms with van der Waals surface area (Å²) in [5.41, 5.74) is 9.73. The molecule has 168 valence electrons. The zero-order valence-electron chi connectivity index (χ0n) is 18.0. The number of hydrogen-bond acceptors (Lipinski definition) is 4. The highest BCUT2D eigenvalue weighted by atomic mass is 35.5. The Morgan fingerprint density at radius 3 is 2.39 bits per heavy atom. The fourth-order valence-electron chi connectivity index (χ4n) is 4.23. The summed E-state index contributed by atoms with van der Waals surface area (Å²) < 4.78 is 0. The van der Waals surface area contributed by atoms with Crippen molar-refractivity contribution in [3.05, 3.63) is 99.0 Å². The number of benzene rings is 3. The summed E-state index contributed by atoms with van der Waals surface area (Å²) in [6.07, 6.45) is 0.910. The van der Waals surface area contributed by atoms with Gasteiger partial charge in [0.1, 0.15) is 0 Å². The molecule has 4 rings (SSSR count). The van der Waals surface area contributed by atoms with Crippen molar-refractivity contribution in [1.29, 1.82) is 5.26 Å². The number of amides is 1. The maximum atomic E-state index is 11.5. The molecule has 0 spiro atoms. The molecule has 1 heterocycles. The minimum Gasteiger partial charge on any atom is -0.366 e. The van der Waals surface area contributed by atoms with Crippen LogP contribution in [-0.4, -0.2) is 37.0 Å². The first kappa shape index (κ1) is 23.1. The third kappa shape index (κ3) is 5.48. The van der Waals surface area contributed by atoms with Gasteiger partial charge in [-0.1, -0.05) is 47.5 Å². The summed E-state index contributed by atoms with van der Waals surface area (Å²) in [4.78, 5) is 16.3. The fourth-order valence-corrected chi connectivity index (χ4v) is 4.64. The smallest absolute Gasteiger partial charge is 0.248 e. The summed E-state index contributed by atoms with van der Waals surface area (Å²) in [5.74, 6) is -0.495. The topological polar surface area (TPSA) is 73.4 Å². The van der Waals surface area contributed by atoms with Crippen LogP contribution in [0.1, 0.15) is 33.1 Å². The van der Waals surface area contributed by atoms with Crippen molar-refractivity contribution < 1.29 is 4.79 Å². The van der Waals surface area contributed by atoms with Gasteiger partial charge in [-0.05, 0) is 60.0 Å². The van der Waals surface area contributed by atoms with Crippen LogP contribution in [0.2, 0.25) is 10.0 Å². The van der Waals surface area contributed by atoms with Crippen LogP contribution in [0.25, 0.3) is 0 Å². The van der Waals surface area contributed by atoms with E-state index in [-0.39, 0.29) is 6.04 Å². The van der Waals surface area contributed by atoms with Crippen molar-refractivity contribution in [2.45, 2.75) is 12.5 Å². The average Bonchev–Trinajstić information content (AvgIpc) is 2.83.